The fraction of sp³-hybridized carbons (Fsp3) is 0.375. The summed E-state index contributed by atoms with van der Waals surface area (Å²) in [6.07, 6.45) is 3.61. The molecule has 0 unspecified atom stereocenters. The average molecular weight is 320 g/mol. The molecule has 22 heavy (non-hydrogen) atoms. The Balaban J connectivity index is 1.95. The quantitative estimate of drug-likeness (QED) is 0.941. The maximum atomic E-state index is 12.5. The van der Waals surface area contributed by atoms with Crippen molar-refractivity contribution in [1.82, 2.24) is 9.78 Å². The molecule has 1 aromatic heterocycles. The molecule has 1 atom stereocenters. The number of rotatable bonds is 3. The summed E-state index contributed by atoms with van der Waals surface area (Å²) in [7, 11) is 0. The summed E-state index contributed by atoms with van der Waals surface area (Å²) < 4.78 is 1.30. The van der Waals surface area contributed by atoms with E-state index in [0.717, 1.165) is 19.4 Å². The van der Waals surface area contributed by atoms with E-state index in [1.165, 1.54) is 4.68 Å². The predicted molar refractivity (Wildman–Crippen MR) is 86.9 cm³/mol. The Morgan fingerprint density at radius 1 is 1.32 bits per heavy atom. The molecule has 1 aliphatic heterocycles. The van der Waals surface area contributed by atoms with Crippen LogP contribution in [-0.4, -0.2) is 34.6 Å². The van der Waals surface area contributed by atoms with E-state index in [4.69, 9.17) is 11.6 Å². The number of nitrogens with zero attached hydrogens (tertiary/aromatic N) is 3. The second-order valence-corrected chi connectivity index (χ2v) is 5.91. The first-order valence-electron chi connectivity index (χ1n) is 7.39. The lowest BCUT2D eigenvalue weighted by molar-refractivity contribution is 0.208. The Morgan fingerprint density at radius 2 is 2.09 bits per heavy atom. The lowest BCUT2D eigenvalue weighted by atomic mass is 9.99. The van der Waals surface area contributed by atoms with Crippen LogP contribution in [0.25, 0.3) is 5.69 Å². The van der Waals surface area contributed by atoms with E-state index < -0.39 is 0 Å². The van der Waals surface area contributed by atoms with Crippen molar-refractivity contribution in [2.75, 3.05) is 24.6 Å². The number of halogens is 1. The number of aliphatic hydroxyl groups is 1. The van der Waals surface area contributed by atoms with E-state index in [-0.39, 0.29) is 23.1 Å². The molecule has 0 aliphatic carbocycles. The van der Waals surface area contributed by atoms with Crippen molar-refractivity contribution in [2.45, 2.75) is 12.8 Å². The van der Waals surface area contributed by atoms with E-state index in [9.17, 15) is 9.90 Å². The number of aromatic nitrogens is 2. The zero-order valence-corrected chi connectivity index (χ0v) is 12.9. The van der Waals surface area contributed by atoms with Crippen molar-refractivity contribution in [2.24, 2.45) is 5.92 Å². The highest BCUT2D eigenvalue weighted by Gasteiger charge is 2.23. The number of piperidine rings is 1. The van der Waals surface area contributed by atoms with Crippen molar-refractivity contribution >= 4 is 17.3 Å². The summed E-state index contributed by atoms with van der Waals surface area (Å²) in [6.45, 7) is 1.68. The molecule has 3 rings (SSSR count). The van der Waals surface area contributed by atoms with Gasteiger partial charge in [-0.15, -0.1) is 0 Å². The van der Waals surface area contributed by atoms with Crippen molar-refractivity contribution in [3.05, 3.63) is 51.9 Å². The highest BCUT2D eigenvalue weighted by atomic mass is 35.5. The highest BCUT2D eigenvalue weighted by Crippen LogP contribution is 2.26. The molecule has 1 aromatic carbocycles. The minimum absolute atomic E-state index is 0.155. The maximum absolute atomic E-state index is 12.5. The molecule has 1 saturated heterocycles. The van der Waals surface area contributed by atoms with E-state index in [1.807, 2.05) is 35.2 Å². The predicted octanol–water partition coefficient (Wildman–Crippen LogP) is 2.09. The Labute approximate surface area is 133 Å². The summed E-state index contributed by atoms with van der Waals surface area (Å²) in [6, 6.07) is 9.21. The van der Waals surface area contributed by atoms with Crippen molar-refractivity contribution in [3.8, 4) is 5.69 Å². The van der Waals surface area contributed by atoms with Gasteiger partial charge in [0.25, 0.3) is 5.56 Å². The molecular weight excluding hydrogens is 302 g/mol. The minimum atomic E-state index is -0.323. The van der Waals surface area contributed by atoms with Gasteiger partial charge in [0, 0.05) is 19.7 Å². The molecule has 1 fully saturated rings. The molecule has 0 amide bonds. The summed E-state index contributed by atoms with van der Waals surface area (Å²) in [5, 5.41) is 13.8. The Morgan fingerprint density at radius 3 is 2.82 bits per heavy atom. The van der Waals surface area contributed by atoms with Crippen LogP contribution < -0.4 is 10.5 Å². The molecule has 2 heterocycles. The van der Waals surface area contributed by atoms with Gasteiger partial charge < -0.3 is 10.0 Å². The number of anilines is 1. The first-order valence-corrected chi connectivity index (χ1v) is 7.77. The van der Waals surface area contributed by atoms with E-state index in [1.54, 1.807) is 6.20 Å². The number of para-hydroxylation sites is 1. The Bertz CT molecular complexity index is 702. The topological polar surface area (TPSA) is 58.4 Å². The first-order chi connectivity index (χ1) is 10.7. The van der Waals surface area contributed by atoms with Crippen molar-refractivity contribution < 1.29 is 5.11 Å². The van der Waals surface area contributed by atoms with Crippen LogP contribution >= 0.6 is 11.6 Å². The summed E-state index contributed by atoms with van der Waals surface area (Å²) >= 11 is 6.30. The van der Waals surface area contributed by atoms with E-state index in [0.29, 0.717) is 17.9 Å². The monoisotopic (exact) mass is 319 g/mol. The van der Waals surface area contributed by atoms with E-state index >= 15 is 0 Å². The van der Waals surface area contributed by atoms with Crippen molar-refractivity contribution in [3.63, 3.8) is 0 Å². The van der Waals surface area contributed by atoms with Crippen LogP contribution in [0.4, 0.5) is 5.69 Å². The van der Waals surface area contributed by atoms with Crippen LogP contribution in [0.15, 0.2) is 41.3 Å². The second kappa shape index (κ2) is 6.50. The standard InChI is InChI=1S/C16H18ClN3O2/c17-15-14(19-8-4-5-12(10-19)11-21)9-18-20(16(15)22)13-6-2-1-3-7-13/h1-3,6-7,9,12,21H,4-5,8,10-11H2/t12-/m1/s1. The van der Waals surface area contributed by atoms with Gasteiger partial charge >= 0.3 is 0 Å². The third-order valence-corrected chi connectivity index (χ3v) is 4.37. The van der Waals surface area contributed by atoms with Crippen LogP contribution in [0.5, 0.6) is 0 Å². The summed E-state index contributed by atoms with van der Waals surface area (Å²) in [5.41, 5.74) is 1.02. The maximum Gasteiger partial charge on any atom is 0.292 e. The van der Waals surface area contributed by atoms with Gasteiger partial charge in [-0.25, -0.2) is 0 Å². The third-order valence-electron chi connectivity index (χ3n) is 4.02. The van der Waals surface area contributed by atoms with Gasteiger partial charge in [0.1, 0.15) is 5.02 Å². The van der Waals surface area contributed by atoms with Gasteiger partial charge in [-0.05, 0) is 30.9 Å². The zero-order valence-electron chi connectivity index (χ0n) is 12.2. The zero-order chi connectivity index (χ0) is 15.5. The molecule has 0 radical (unpaired) electrons. The smallest absolute Gasteiger partial charge is 0.292 e. The van der Waals surface area contributed by atoms with Crippen LogP contribution in [-0.2, 0) is 0 Å². The van der Waals surface area contributed by atoms with Crippen LogP contribution in [0.1, 0.15) is 12.8 Å². The normalized spacial score (nSPS) is 18.5. The number of hydrogen-bond donors (Lipinski definition) is 1. The fourth-order valence-electron chi connectivity index (χ4n) is 2.83. The molecule has 0 saturated carbocycles. The first kappa shape index (κ1) is 15.1. The molecule has 1 N–H and O–H groups in total. The largest absolute Gasteiger partial charge is 0.396 e. The lowest BCUT2D eigenvalue weighted by Crippen LogP contribution is -2.38. The van der Waals surface area contributed by atoms with Gasteiger partial charge in [-0.1, -0.05) is 29.8 Å². The summed E-state index contributed by atoms with van der Waals surface area (Å²) in [4.78, 5) is 14.5. The molecule has 5 nitrogen and oxygen atoms in total. The van der Waals surface area contributed by atoms with Gasteiger partial charge in [0.15, 0.2) is 0 Å². The summed E-state index contributed by atoms with van der Waals surface area (Å²) in [5.74, 6) is 0.223. The molecule has 1 aliphatic rings. The molecule has 2 aromatic rings. The van der Waals surface area contributed by atoms with Crippen molar-refractivity contribution in [1.29, 1.82) is 0 Å². The molecular formula is C16H18ClN3O2. The second-order valence-electron chi connectivity index (χ2n) is 5.53. The molecule has 116 valence electrons. The van der Waals surface area contributed by atoms with Gasteiger partial charge in [-0.3, -0.25) is 4.79 Å². The molecule has 6 heteroatoms. The Hall–Kier alpha value is -1.85. The SMILES string of the molecule is O=c1c(Cl)c(N2CCC[C@@H](CO)C2)cnn1-c1ccccc1. The van der Waals surface area contributed by atoms with Crippen LogP contribution in [0.3, 0.4) is 0 Å². The van der Waals surface area contributed by atoms with Crippen LogP contribution in [0.2, 0.25) is 5.02 Å². The van der Waals surface area contributed by atoms with Crippen LogP contribution in [0, 0.1) is 5.92 Å². The van der Waals surface area contributed by atoms with Gasteiger partial charge in [-0.2, -0.15) is 9.78 Å². The Kier molecular flexibility index (Phi) is 4.45. The third kappa shape index (κ3) is 2.87. The number of aliphatic hydroxyl groups excluding tert-OH is 1. The number of benzene rings is 1. The van der Waals surface area contributed by atoms with Gasteiger partial charge in [0.05, 0.1) is 17.6 Å². The lowest BCUT2D eigenvalue weighted by Gasteiger charge is -2.33. The molecule has 0 spiro atoms. The minimum Gasteiger partial charge on any atom is -0.396 e. The number of hydrogen-bond acceptors (Lipinski definition) is 4. The average Bonchev–Trinajstić information content (AvgIpc) is 2.58. The fourth-order valence-corrected chi connectivity index (χ4v) is 3.08. The highest BCUT2D eigenvalue weighted by molar-refractivity contribution is 6.33. The van der Waals surface area contributed by atoms with E-state index in [2.05, 4.69) is 5.10 Å². The van der Waals surface area contributed by atoms with Gasteiger partial charge in [0.2, 0.25) is 0 Å². The molecule has 0 bridgehead atoms.